The lowest BCUT2D eigenvalue weighted by Gasteiger charge is -2.14. The Kier molecular flexibility index (Phi) is 8.13. The van der Waals surface area contributed by atoms with Crippen LogP contribution in [0.15, 0.2) is 36.5 Å². The van der Waals surface area contributed by atoms with Crippen LogP contribution < -0.4 is 10.1 Å². The van der Waals surface area contributed by atoms with Gasteiger partial charge in [0, 0.05) is 12.5 Å². The van der Waals surface area contributed by atoms with Crippen molar-refractivity contribution in [3.8, 4) is 11.5 Å². The molecular weight excluding hydrogens is 354 g/mol. The average Bonchev–Trinajstić information content (AvgIpc) is 2.66. The van der Waals surface area contributed by atoms with Crippen molar-refractivity contribution in [3.05, 3.63) is 48.2 Å². The Hall–Kier alpha value is -2.54. The first-order chi connectivity index (χ1) is 13.0. The molecule has 0 radical (unpaired) electrons. The van der Waals surface area contributed by atoms with Gasteiger partial charge in [0.25, 0.3) is 0 Å². The van der Waals surface area contributed by atoms with Crippen molar-refractivity contribution >= 4 is 11.7 Å². The molecule has 1 aliphatic rings. The molecule has 0 atom stereocenters. The number of benzene rings is 1. The molecule has 3 rings (SSSR count). The molecule has 1 aromatic heterocycles. The molecule has 0 saturated heterocycles. The number of halogens is 2. The van der Waals surface area contributed by atoms with Crippen molar-refractivity contribution in [1.82, 2.24) is 4.98 Å². The van der Waals surface area contributed by atoms with Crippen LogP contribution in [0.4, 0.5) is 14.6 Å². The van der Waals surface area contributed by atoms with Crippen LogP contribution in [-0.4, -0.2) is 22.1 Å². The zero-order valence-corrected chi connectivity index (χ0v) is 15.3. The Morgan fingerprint density at radius 2 is 1.96 bits per heavy atom. The number of carbonyl (C=O) groups excluding carboxylic acids is 1. The number of aromatic nitrogens is 1. The van der Waals surface area contributed by atoms with Gasteiger partial charge >= 0.3 is 0 Å². The normalized spacial score (nSPS) is 14.1. The minimum absolute atomic E-state index is 0.0359. The first kappa shape index (κ1) is 20.8. The standard InChI is InChI=1S/C14H12F2N2O2.C6H12O/c1-2-14(19)18-13-6-4-10(8-17-13)20-12-5-3-9(15)7-11(12)16;7-6-4-2-1-3-5-6/h3-8H,2H2,1H3,(H,17,18,19);6-7H,1-5H2. The summed E-state index contributed by atoms with van der Waals surface area (Å²) in [6.45, 7) is 1.73. The highest BCUT2D eigenvalue weighted by Gasteiger charge is 2.08. The molecule has 1 amide bonds. The number of amides is 1. The van der Waals surface area contributed by atoms with Gasteiger partial charge in [0.15, 0.2) is 11.6 Å². The van der Waals surface area contributed by atoms with Crippen LogP contribution in [0.25, 0.3) is 0 Å². The van der Waals surface area contributed by atoms with Crippen molar-refractivity contribution in [3.63, 3.8) is 0 Å². The maximum absolute atomic E-state index is 13.4. The van der Waals surface area contributed by atoms with E-state index in [2.05, 4.69) is 10.3 Å². The molecule has 0 unspecified atom stereocenters. The summed E-state index contributed by atoms with van der Waals surface area (Å²) in [6, 6.07) is 6.09. The predicted molar refractivity (Wildman–Crippen MR) is 98.7 cm³/mol. The van der Waals surface area contributed by atoms with E-state index in [9.17, 15) is 13.6 Å². The molecule has 0 bridgehead atoms. The van der Waals surface area contributed by atoms with Crippen molar-refractivity contribution in [2.45, 2.75) is 51.6 Å². The van der Waals surface area contributed by atoms with Gasteiger partial charge in [0.2, 0.25) is 5.91 Å². The number of aliphatic hydroxyl groups excluding tert-OH is 1. The summed E-state index contributed by atoms with van der Waals surface area (Å²) in [7, 11) is 0. The Bertz CT molecular complexity index is 733. The largest absolute Gasteiger partial charge is 0.453 e. The molecule has 1 aromatic carbocycles. The number of nitrogens with zero attached hydrogens (tertiary/aromatic N) is 1. The van der Waals surface area contributed by atoms with Crippen LogP contribution in [0.2, 0.25) is 0 Å². The summed E-state index contributed by atoms with van der Waals surface area (Å²) in [6.07, 6.45) is 7.61. The SMILES string of the molecule is CCC(=O)Nc1ccc(Oc2ccc(F)cc2F)cn1.OC1CCCCC1. The van der Waals surface area contributed by atoms with Gasteiger partial charge in [-0.1, -0.05) is 26.2 Å². The first-order valence-electron chi connectivity index (χ1n) is 9.04. The van der Waals surface area contributed by atoms with E-state index in [1.807, 2.05) is 0 Å². The van der Waals surface area contributed by atoms with Gasteiger partial charge in [-0.15, -0.1) is 0 Å². The smallest absolute Gasteiger partial charge is 0.225 e. The second-order valence-electron chi connectivity index (χ2n) is 6.25. The minimum Gasteiger partial charge on any atom is -0.453 e. The molecule has 1 aliphatic carbocycles. The van der Waals surface area contributed by atoms with Crippen LogP contribution in [0.5, 0.6) is 11.5 Å². The third-order valence-corrected chi connectivity index (χ3v) is 4.02. The molecule has 146 valence electrons. The minimum atomic E-state index is -0.798. The van der Waals surface area contributed by atoms with Crippen molar-refractivity contribution in [2.75, 3.05) is 5.32 Å². The van der Waals surface area contributed by atoms with Gasteiger partial charge in [-0.25, -0.2) is 13.8 Å². The number of nitrogens with one attached hydrogen (secondary N) is 1. The lowest BCUT2D eigenvalue weighted by molar-refractivity contribution is -0.115. The molecular formula is C20H24F2N2O3. The maximum Gasteiger partial charge on any atom is 0.225 e. The number of ether oxygens (including phenoxy) is 1. The summed E-state index contributed by atoms with van der Waals surface area (Å²) < 4.78 is 31.4. The highest BCUT2D eigenvalue weighted by molar-refractivity contribution is 5.89. The number of rotatable bonds is 4. The molecule has 5 nitrogen and oxygen atoms in total. The number of aliphatic hydroxyl groups is 1. The third-order valence-electron chi connectivity index (χ3n) is 4.02. The quantitative estimate of drug-likeness (QED) is 0.801. The lowest BCUT2D eigenvalue weighted by Crippen LogP contribution is -2.10. The van der Waals surface area contributed by atoms with E-state index in [-0.39, 0.29) is 23.5 Å². The van der Waals surface area contributed by atoms with E-state index in [0.717, 1.165) is 25.0 Å². The maximum atomic E-state index is 13.4. The van der Waals surface area contributed by atoms with Gasteiger partial charge in [-0.2, -0.15) is 0 Å². The molecule has 2 aromatic rings. The Balaban J connectivity index is 0.000000313. The van der Waals surface area contributed by atoms with Gasteiger partial charge < -0.3 is 15.2 Å². The Morgan fingerprint density at radius 1 is 1.22 bits per heavy atom. The van der Waals surface area contributed by atoms with Crippen molar-refractivity contribution in [1.29, 1.82) is 0 Å². The van der Waals surface area contributed by atoms with Gasteiger partial charge in [0.05, 0.1) is 12.3 Å². The van der Waals surface area contributed by atoms with Crippen LogP contribution in [0.3, 0.4) is 0 Å². The topological polar surface area (TPSA) is 71.5 Å². The van der Waals surface area contributed by atoms with E-state index in [4.69, 9.17) is 9.84 Å². The first-order valence-corrected chi connectivity index (χ1v) is 9.04. The molecule has 1 fully saturated rings. The summed E-state index contributed by atoms with van der Waals surface area (Å²) >= 11 is 0. The zero-order valence-electron chi connectivity index (χ0n) is 15.3. The number of hydrogen-bond donors (Lipinski definition) is 2. The molecule has 27 heavy (non-hydrogen) atoms. The van der Waals surface area contributed by atoms with Crippen LogP contribution >= 0.6 is 0 Å². The van der Waals surface area contributed by atoms with E-state index < -0.39 is 11.6 Å². The highest BCUT2D eigenvalue weighted by Crippen LogP contribution is 2.25. The van der Waals surface area contributed by atoms with Gasteiger partial charge in [0.1, 0.15) is 17.4 Å². The fourth-order valence-electron chi connectivity index (χ4n) is 2.51. The van der Waals surface area contributed by atoms with Crippen molar-refractivity contribution < 1.29 is 23.4 Å². The molecule has 1 saturated carbocycles. The van der Waals surface area contributed by atoms with Gasteiger partial charge in [-0.05, 0) is 37.1 Å². The number of hydrogen-bond acceptors (Lipinski definition) is 4. The van der Waals surface area contributed by atoms with Gasteiger partial charge in [-0.3, -0.25) is 4.79 Å². The van der Waals surface area contributed by atoms with Crippen LogP contribution in [-0.2, 0) is 4.79 Å². The summed E-state index contributed by atoms with van der Waals surface area (Å²) in [5, 5.41) is 11.5. The fraction of sp³-hybridized carbons (Fsp3) is 0.400. The molecule has 0 aliphatic heterocycles. The molecule has 2 N–H and O–H groups in total. The predicted octanol–water partition coefficient (Wildman–Crippen LogP) is 4.81. The average molecular weight is 378 g/mol. The number of pyridine rings is 1. The van der Waals surface area contributed by atoms with E-state index in [1.165, 1.54) is 43.7 Å². The molecule has 7 heteroatoms. The fourth-order valence-corrected chi connectivity index (χ4v) is 2.51. The Labute approximate surface area is 157 Å². The lowest BCUT2D eigenvalue weighted by atomic mass is 9.98. The molecule has 0 spiro atoms. The zero-order chi connectivity index (χ0) is 19.6. The Morgan fingerprint density at radius 3 is 2.48 bits per heavy atom. The summed E-state index contributed by atoms with van der Waals surface area (Å²) in [5.74, 6) is -1.07. The second kappa shape index (κ2) is 10.6. The highest BCUT2D eigenvalue weighted by atomic mass is 19.1. The number of carbonyl (C=O) groups is 1. The third kappa shape index (κ3) is 7.30. The van der Waals surface area contributed by atoms with Crippen molar-refractivity contribution in [2.24, 2.45) is 0 Å². The summed E-state index contributed by atoms with van der Waals surface area (Å²) in [4.78, 5) is 15.1. The van der Waals surface area contributed by atoms with E-state index in [0.29, 0.717) is 12.2 Å². The van der Waals surface area contributed by atoms with Crippen LogP contribution in [0, 0.1) is 11.6 Å². The second-order valence-corrected chi connectivity index (χ2v) is 6.25. The molecule has 1 heterocycles. The van der Waals surface area contributed by atoms with Crippen LogP contribution in [0.1, 0.15) is 45.4 Å². The number of anilines is 1. The van der Waals surface area contributed by atoms with E-state index >= 15 is 0 Å². The van der Waals surface area contributed by atoms with E-state index in [1.54, 1.807) is 6.92 Å². The summed E-state index contributed by atoms with van der Waals surface area (Å²) in [5.41, 5.74) is 0. The monoisotopic (exact) mass is 378 g/mol.